The monoisotopic (exact) mass is 374 g/mol. The smallest absolute Gasteiger partial charge is 0.253 e. The molecule has 0 radical (unpaired) electrons. The van der Waals surface area contributed by atoms with Crippen molar-refractivity contribution < 1.29 is 9.59 Å². The van der Waals surface area contributed by atoms with Crippen LogP contribution in [0.1, 0.15) is 27.9 Å². The van der Waals surface area contributed by atoms with Crippen LogP contribution in [0.3, 0.4) is 0 Å². The van der Waals surface area contributed by atoms with Crippen molar-refractivity contribution in [1.29, 1.82) is 0 Å². The summed E-state index contributed by atoms with van der Waals surface area (Å²) in [6.45, 7) is 0.464. The van der Waals surface area contributed by atoms with Crippen molar-refractivity contribution in [2.45, 2.75) is 25.4 Å². The van der Waals surface area contributed by atoms with Crippen LogP contribution in [0.5, 0.6) is 0 Å². The molecule has 1 atom stereocenters. The lowest BCUT2D eigenvalue weighted by Gasteiger charge is -2.19. The minimum absolute atomic E-state index is 0.0735. The minimum Gasteiger partial charge on any atom is -0.337 e. The number of benzene rings is 2. The normalized spacial score (nSPS) is 16.2. The number of nitrogens with two attached hydrogens (primary N) is 1. The SMILES string of the molecule is CN(Cc1cccc2cccnc12)C(=O)c1ccc2c(c1)CCC(N)C(=O)N2. The second-order valence-corrected chi connectivity index (χ2v) is 7.16. The van der Waals surface area contributed by atoms with Crippen LogP contribution in [0.2, 0.25) is 0 Å². The lowest BCUT2D eigenvalue weighted by molar-refractivity contribution is -0.117. The topological polar surface area (TPSA) is 88.3 Å². The first-order chi connectivity index (χ1) is 13.5. The molecule has 0 bridgehead atoms. The first-order valence-corrected chi connectivity index (χ1v) is 9.30. The number of fused-ring (bicyclic) bond motifs is 2. The zero-order valence-electron chi connectivity index (χ0n) is 15.7. The van der Waals surface area contributed by atoms with Crippen LogP contribution in [-0.2, 0) is 17.8 Å². The third kappa shape index (κ3) is 3.46. The molecule has 0 aliphatic carbocycles. The van der Waals surface area contributed by atoms with Gasteiger partial charge in [-0.25, -0.2) is 0 Å². The summed E-state index contributed by atoms with van der Waals surface area (Å²) < 4.78 is 0. The molecule has 142 valence electrons. The molecule has 2 aromatic carbocycles. The largest absolute Gasteiger partial charge is 0.337 e. The van der Waals surface area contributed by atoms with E-state index >= 15 is 0 Å². The fourth-order valence-electron chi connectivity index (χ4n) is 3.57. The molecule has 2 heterocycles. The highest BCUT2D eigenvalue weighted by Crippen LogP contribution is 2.24. The Kier molecular flexibility index (Phi) is 4.79. The summed E-state index contributed by atoms with van der Waals surface area (Å²) in [5.74, 6) is -0.256. The van der Waals surface area contributed by atoms with Gasteiger partial charge >= 0.3 is 0 Å². The summed E-state index contributed by atoms with van der Waals surface area (Å²) in [5.41, 5.74) is 10.0. The highest BCUT2D eigenvalue weighted by atomic mass is 16.2. The Morgan fingerprint density at radius 1 is 1.25 bits per heavy atom. The number of carbonyl (C=O) groups excluding carboxylic acids is 2. The highest BCUT2D eigenvalue weighted by Gasteiger charge is 2.22. The van der Waals surface area contributed by atoms with E-state index in [-0.39, 0.29) is 11.8 Å². The van der Waals surface area contributed by atoms with E-state index in [9.17, 15) is 9.59 Å². The van der Waals surface area contributed by atoms with Crippen LogP contribution in [0.4, 0.5) is 5.69 Å². The highest BCUT2D eigenvalue weighted by molar-refractivity contribution is 5.98. The Morgan fingerprint density at radius 3 is 2.93 bits per heavy atom. The summed E-state index contributed by atoms with van der Waals surface area (Å²) in [7, 11) is 1.79. The maximum Gasteiger partial charge on any atom is 0.253 e. The molecule has 1 aliphatic rings. The number of amides is 2. The molecule has 3 N–H and O–H groups in total. The number of rotatable bonds is 3. The molecule has 1 aliphatic heterocycles. The molecule has 28 heavy (non-hydrogen) atoms. The lowest BCUT2D eigenvalue weighted by atomic mass is 10.0. The second-order valence-electron chi connectivity index (χ2n) is 7.16. The minimum atomic E-state index is -0.520. The van der Waals surface area contributed by atoms with Crippen LogP contribution >= 0.6 is 0 Å². The molecule has 1 aromatic heterocycles. The van der Waals surface area contributed by atoms with Gasteiger partial charge in [-0.15, -0.1) is 0 Å². The molecular weight excluding hydrogens is 352 g/mol. The molecule has 0 saturated carbocycles. The van der Waals surface area contributed by atoms with E-state index in [0.717, 1.165) is 27.7 Å². The molecule has 0 spiro atoms. The quantitative estimate of drug-likeness (QED) is 0.738. The van der Waals surface area contributed by atoms with Gasteiger partial charge in [0.25, 0.3) is 5.91 Å². The number of carbonyl (C=O) groups is 2. The van der Waals surface area contributed by atoms with Crippen molar-refractivity contribution in [3.05, 3.63) is 71.4 Å². The van der Waals surface area contributed by atoms with Gasteiger partial charge in [0.15, 0.2) is 0 Å². The predicted octanol–water partition coefficient (Wildman–Crippen LogP) is 2.72. The number of hydrogen-bond acceptors (Lipinski definition) is 4. The van der Waals surface area contributed by atoms with E-state index in [0.29, 0.717) is 24.9 Å². The van der Waals surface area contributed by atoms with Crippen molar-refractivity contribution in [2.24, 2.45) is 5.73 Å². The summed E-state index contributed by atoms with van der Waals surface area (Å²) in [6.07, 6.45) is 2.99. The Labute approximate surface area is 163 Å². The van der Waals surface area contributed by atoms with Gasteiger partial charge in [-0.3, -0.25) is 14.6 Å². The first kappa shape index (κ1) is 18.1. The molecule has 4 rings (SSSR count). The van der Waals surface area contributed by atoms with E-state index in [1.54, 1.807) is 30.3 Å². The van der Waals surface area contributed by atoms with Gasteiger partial charge in [0.2, 0.25) is 5.91 Å². The summed E-state index contributed by atoms with van der Waals surface area (Å²) in [6, 6.07) is 14.8. The van der Waals surface area contributed by atoms with Crippen molar-refractivity contribution in [1.82, 2.24) is 9.88 Å². The number of aryl methyl sites for hydroxylation is 1. The summed E-state index contributed by atoms with van der Waals surface area (Å²) in [5, 5.41) is 3.88. The number of anilines is 1. The van der Waals surface area contributed by atoms with Crippen molar-refractivity contribution in [3.8, 4) is 0 Å². The van der Waals surface area contributed by atoms with Crippen LogP contribution in [0, 0.1) is 0 Å². The van der Waals surface area contributed by atoms with Gasteiger partial charge in [-0.1, -0.05) is 24.3 Å². The molecular formula is C22H22N4O2. The molecule has 2 amide bonds. The van der Waals surface area contributed by atoms with Gasteiger partial charge < -0.3 is 16.0 Å². The molecule has 6 heteroatoms. The lowest BCUT2D eigenvalue weighted by Crippen LogP contribution is -2.34. The summed E-state index contributed by atoms with van der Waals surface area (Å²) >= 11 is 0. The average Bonchev–Trinajstić information content (AvgIpc) is 2.85. The maximum absolute atomic E-state index is 13.0. The van der Waals surface area contributed by atoms with Crippen molar-refractivity contribution >= 4 is 28.4 Å². The molecule has 1 unspecified atom stereocenters. The Hall–Kier alpha value is -3.25. The van der Waals surface area contributed by atoms with Gasteiger partial charge in [0, 0.05) is 36.4 Å². The van der Waals surface area contributed by atoms with Crippen LogP contribution in [0.25, 0.3) is 10.9 Å². The van der Waals surface area contributed by atoms with Crippen molar-refractivity contribution in [2.75, 3.05) is 12.4 Å². The number of aromatic nitrogens is 1. The number of para-hydroxylation sites is 1. The zero-order valence-corrected chi connectivity index (χ0v) is 15.7. The van der Waals surface area contributed by atoms with Crippen molar-refractivity contribution in [3.63, 3.8) is 0 Å². The third-order valence-corrected chi connectivity index (χ3v) is 5.14. The van der Waals surface area contributed by atoms with Gasteiger partial charge in [0.1, 0.15) is 0 Å². The average molecular weight is 374 g/mol. The molecule has 6 nitrogen and oxygen atoms in total. The molecule has 0 saturated heterocycles. The van der Waals surface area contributed by atoms with E-state index in [2.05, 4.69) is 10.3 Å². The Bertz CT molecular complexity index is 1060. The van der Waals surface area contributed by atoms with E-state index < -0.39 is 6.04 Å². The second kappa shape index (κ2) is 7.40. The van der Waals surface area contributed by atoms with Gasteiger partial charge in [-0.2, -0.15) is 0 Å². The third-order valence-electron chi connectivity index (χ3n) is 5.14. The first-order valence-electron chi connectivity index (χ1n) is 9.30. The fraction of sp³-hybridized carbons (Fsp3) is 0.227. The van der Waals surface area contributed by atoms with Crippen LogP contribution in [-0.4, -0.2) is 34.8 Å². The number of nitrogens with zero attached hydrogens (tertiary/aromatic N) is 2. The number of pyridine rings is 1. The molecule has 3 aromatic rings. The number of nitrogens with one attached hydrogen (secondary N) is 1. The van der Waals surface area contributed by atoms with E-state index in [1.165, 1.54) is 0 Å². The number of hydrogen-bond donors (Lipinski definition) is 2. The van der Waals surface area contributed by atoms with Gasteiger partial charge in [0.05, 0.1) is 11.6 Å². The standard InChI is InChI=1S/C22H22N4O2/c1-26(13-17-5-2-4-14-6-3-11-24-20(14)17)22(28)16-8-10-19-15(12-16)7-9-18(23)21(27)25-19/h2-6,8,10-12,18H,7,9,13,23H2,1H3,(H,25,27). The molecule has 0 fully saturated rings. The fourth-order valence-corrected chi connectivity index (χ4v) is 3.57. The Balaban J connectivity index is 1.57. The Morgan fingerprint density at radius 2 is 2.07 bits per heavy atom. The zero-order chi connectivity index (χ0) is 19.7. The summed E-state index contributed by atoms with van der Waals surface area (Å²) in [4.78, 5) is 31.0. The maximum atomic E-state index is 13.0. The van der Waals surface area contributed by atoms with E-state index in [4.69, 9.17) is 5.73 Å². The predicted molar refractivity (Wildman–Crippen MR) is 109 cm³/mol. The van der Waals surface area contributed by atoms with Gasteiger partial charge in [-0.05, 0) is 48.2 Å². The van der Waals surface area contributed by atoms with Crippen LogP contribution in [0.15, 0.2) is 54.7 Å². The van der Waals surface area contributed by atoms with Crippen LogP contribution < -0.4 is 11.1 Å². The van der Waals surface area contributed by atoms with E-state index in [1.807, 2.05) is 36.4 Å².